The van der Waals surface area contributed by atoms with Gasteiger partial charge >= 0.3 is 0 Å². The Balaban J connectivity index is 1.90. The second kappa shape index (κ2) is 9.14. The summed E-state index contributed by atoms with van der Waals surface area (Å²) in [5.41, 5.74) is 0.556. The molecule has 1 aliphatic heterocycles. The molecule has 0 aromatic heterocycles. The molecular formula is C18H27N3O4S. The number of rotatable bonds is 7. The maximum Gasteiger partial charge on any atom is 0.251 e. The summed E-state index contributed by atoms with van der Waals surface area (Å²) in [6.07, 6.45) is 3.96. The van der Waals surface area contributed by atoms with Crippen molar-refractivity contribution in [1.82, 2.24) is 14.9 Å². The monoisotopic (exact) mass is 381 g/mol. The van der Waals surface area contributed by atoms with Gasteiger partial charge in [0, 0.05) is 37.2 Å². The minimum absolute atomic E-state index is 0.0640. The molecule has 1 aromatic carbocycles. The highest BCUT2D eigenvalue weighted by molar-refractivity contribution is 7.88. The number of hydrogen-bond acceptors (Lipinski definition) is 4. The lowest BCUT2D eigenvalue weighted by Crippen LogP contribution is -2.50. The first-order valence-electron chi connectivity index (χ1n) is 8.86. The van der Waals surface area contributed by atoms with Crippen molar-refractivity contribution in [3.8, 4) is 0 Å². The molecule has 0 radical (unpaired) electrons. The van der Waals surface area contributed by atoms with E-state index in [0.717, 1.165) is 25.5 Å². The molecule has 0 unspecified atom stereocenters. The Morgan fingerprint density at radius 1 is 1.23 bits per heavy atom. The van der Waals surface area contributed by atoms with E-state index in [0.29, 0.717) is 12.1 Å². The van der Waals surface area contributed by atoms with Crippen LogP contribution in [0.1, 0.15) is 43.0 Å². The fourth-order valence-electron chi connectivity index (χ4n) is 3.12. The van der Waals surface area contributed by atoms with Gasteiger partial charge in [-0.15, -0.1) is 0 Å². The van der Waals surface area contributed by atoms with E-state index in [4.69, 9.17) is 0 Å². The fraction of sp³-hybridized carbons (Fsp3) is 0.556. The summed E-state index contributed by atoms with van der Waals surface area (Å²) in [6.45, 7) is 2.65. The van der Waals surface area contributed by atoms with Gasteiger partial charge in [0.05, 0.1) is 6.26 Å². The molecule has 7 nitrogen and oxygen atoms in total. The minimum atomic E-state index is -3.29. The zero-order valence-electron chi connectivity index (χ0n) is 15.3. The minimum Gasteiger partial charge on any atom is -0.349 e. The van der Waals surface area contributed by atoms with E-state index in [2.05, 4.69) is 10.0 Å². The Bertz CT molecular complexity index is 721. The number of nitrogens with zero attached hydrogens (tertiary/aromatic N) is 1. The molecule has 2 atom stereocenters. The van der Waals surface area contributed by atoms with Crippen molar-refractivity contribution in [2.75, 3.05) is 19.3 Å². The van der Waals surface area contributed by atoms with Crippen LogP contribution in [-0.2, 0) is 14.8 Å². The van der Waals surface area contributed by atoms with E-state index in [1.807, 2.05) is 6.07 Å². The largest absolute Gasteiger partial charge is 0.349 e. The standard InChI is InChI=1S/C18H27N3O4S/c1-14(20-18(23)15-8-4-3-5-9-15)12-17(22)21-11-7-6-10-16(21)13-19-26(2,24)25/h3-5,8-9,14,16,19H,6-7,10-13H2,1-2H3,(H,20,23)/t14-,16+/m0/s1. The number of piperidine rings is 1. The van der Waals surface area contributed by atoms with Gasteiger partial charge in [0.2, 0.25) is 15.9 Å². The molecule has 2 amide bonds. The average molecular weight is 381 g/mol. The molecule has 1 aromatic rings. The van der Waals surface area contributed by atoms with Crippen LogP contribution in [0.5, 0.6) is 0 Å². The normalized spacial score (nSPS) is 19.0. The number of likely N-dealkylation sites (tertiary alicyclic amines) is 1. The van der Waals surface area contributed by atoms with Gasteiger partial charge in [-0.2, -0.15) is 0 Å². The number of carbonyl (C=O) groups excluding carboxylic acids is 2. The third-order valence-corrected chi connectivity index (χ3v) is 5.11. The van der Waals surface area contributed by atoms with Gasteiger partial charge in [-0.05, 0) is 38.3 Å². The van der Waals surface area contributed by atoms with E-state index < -0.39 is 10.0 Å². The number of carbonyl (C=O) groups is 2. The quantitative estimate of drug-likeness (QED) is 0.740. The first-order valence-corrected chi connectivity index (χ1v) is 10.8. The highest BCUT2D eigenvalue weighted by Gasteiger charge is 2.28. The Morgan fingerprint density at radius 2 is 1.92 bits per heavy atom. The maximum atomic E-state index is 12.7. The Labute approximate surface area is 155 Å². The summed E-state index contributed by atoms with van der Waals surface area (Å²) in [5, 5.41) is 2.84. The smallest absolute Gasteiger partial charge is 0.251 e. The summed E-state index contributed by atoms with van der Waals surface area (Å²) in [4.78, 5) is 26.6. The number of sulfonamides is 1. The van der Waals surface area contributed by atoms with E-state index >= 15 is 0 Å². The van der Waals surface area contributed by atoms with Crippen LogP contribution in [-0.4, -0.2) is 56.6 Å². The van der Waals surface area contributed by atoms with Gasteiger partial charge in [-0.1, -0.05) is 18.2 Å². The third-order valence-electron chi connectivity index (χ3n) is 4.42. The Kier molecular flexibility index (Phi) is 7.16. The van der Waals surface area contributed by atoms with Gasteiger partial charge in [0.1, 0.15) is 0 Å². The van der Waals surface area contributed by atoms with Crippen molar-refractivity contribution in [2.45, 2.75) is 44.7 Å². The molecule has 0 bridgehead atoms. The summed E-state index contributed by atoms with van der Waals surface area (Å²) in [7, 11) is -3.29. The van der Waals surface area contributed by atoms with E-state index in [1.54, 1.807) is 36.1 Å². The van der Waals surface area contributed by atoms with Crippen LogP contribution in [0.25, 0.3) is 0 Å². The third kappa shape index (κ3) is 6.42. The second-order valence-corrected chi connectivity index (χ2v) is 8.64. The van der Waals surface area contributed by atoms with Crippen LogP contribution < -0.4 is 10.0 Å². The fourth-order valence-corrected chi connectivity index (χ4v) is 3.61. The molecule has 8 heteroatoms. The van der Waals surface area contributed by atoms with Crippen LogP contribution in [0.3, 0.4) is 0 Å². The zero-order valence-corrected chi connectivity index (χ0v) is 16.1. The van der Waals surface area contributed by atoms with Gasteiger partial charge in [-0.25, -0.2) is 13.1 Å². The molecule has 1 saturated heterocycles. The lowest BCUT2D eigenvalue weighted by Gasteiger charge is -2.36. The molecule has 1 heterocycles. The summed E-state index contributed by atoms with van der Waals surface area (Å²) in [6, 6.07) is 8.42. The van der Waals surface area contributed by atoms with Gasteiger partial charge in [0.25, 0.3) is 5.91 Å². The lowest BCUT2D eigenvalue weighted by molar-refractivity contribution is -0.135. The van der Waals surface area contributed by atoms with E-state index in [-0.39, 0.29) is 36.9 Å². The molecule has 0 aliphatic carbocycles. The Morgan fingerprint density at radius 3 is 2.58 bits per heavy atom. The van der Waals surface area contributed by atoms with Crippen molar-refractivity contribution in [3.05, 3.63) is 35.9 Å². The molecular weight excluding hydrogens is 354 g/mol. The molecule has 0 spiro atoms. The summed E-state index contributed by atoms with van der Waals surface area (Å²) < 4.78 is 25.1. The molecule has 1 aliphatic rings. The number of amides is 2. The van der Waals surface area contributed by atoms with Gasteiger partial charge in [0.15, 0.2) is 0 Å². The van der Waals surface area contributed by atoms with Crippen LogP contribution in [0.2, 0.25) is 0 Å². The van der Waals surface area contributed by atoms with Crippen LogP contribution in [0.4, 0.5) is 0 Å². The van der Waals surface area contributed by atoms with Crippen molar-refractivity contribution in [1.29, 1.82) is 0 Å². The van der Waals surface area contributed by atoms with Crippen LogP contribution in [0.15, 0.2) is 30.3 Å². The zero-order chi connectivity index (χ0) is 19.2. The predicted molar refractivity (Wildman–Crippen MR) is 100 cm³/mol. The number of benzene rings is 1. The van der Waals surface area contributed by atoms with E-state index in [9.17, 15) is 18.0 Å². The van der Waals surface area contributed by atoms with Gasteiger partial charge < -0.3 is 10.2 Å². The second-order valence-electron chi connectivity index (χ2n) is 6.80. The van der Waals surface area contributed by atoms with Crippen molar-refractivity contribution < 1.29 is 18.0 Å². The molecule has 144 valence electrons. The Hall–Kier alpha value is -1.93. The summed E-state index contributed by atoms with van der Waals surface area (Å²) >= 11 is 0. The first-order chi connectivity index (χ1) is 12.3. The first kappa shape index (κ1) is 20.4. The van der Waals surface area contributed by atoms with Crippen LogP contribution >= 0.6 is 0 Å². The van der Waals surface area contributed by atoms with Crippen molar-refractivity contribution >= 4 is 21.8 Å². The number of hydrogen-bond donors (Lipinski definition) is 2. The molecule has 2 rings (SSSR count). The maximum absolute atomic E-state index is 12.7. The highest BCUT2D eigenvalue weighted by Crippen LogP contribution is 2.18. The van der Waals surface area contributed by atoms with Crippen LogP contribution in [0, 0.1) is 0 Å². The number of nitrogens with one attached hydrogen (secondary N) is 2. The predicted octanol–water partition coefficient (Wildman–Crippen LogP) is 1.13. The van der Waals surface area contributed by atoms with Crippen molar-refractivity contribution in [2.24, 2.45) is 0 Å². The lowest BCUT2D eigenvalue weighted by atomic mass is 10.0. The SMILES string of the molecule is C[C@@H](CC(=O)N1CCCC[C@@H]1CNS(C)(=O)=O)NC(=O)c1ccccc1. The molecule has 0 saturated carbocycles. The molecule has 26 heavy (non-hydrogen) atoms. The van der Waals surface area contributed by atoms with E-state index in [1.165, 1.54) is 0 Å². The average Bonchev–Trinajstić information content (AvgIpc) is 2.60. The highest BCUT2D eigenvalue weighted by atomic mass is 32.2. The topological polar surface area (TPSA) is 95.6 Å². The summed E-state index contributed by atoms with van der Waals surface area (Å²) in [5.74, 6) is -0.273. The molecule has 2 N–H and O–H groups in total. The van der Waals surface area contributed by atoms with Crippen molar-refractivity contribution in [3.63, 3.8) is 0 Å². The van der Waals surface area contributed by atoms with Gasteiger partial charge in [-0.3, -0.25) is 9.59 Å². The molecule has 1 fully saturated rings.